The van der Waals surface area contributed by atoms with Gasteiger partial charge in [0.05, 0.1) is 0 Å². The van der Waals surface area contributed by atoms with Crippen molar-refractivity contribution in [3.8, 4) is 0 Å². The van der Waals surface area contributed by atoms with Gasteiger partial charge in [-0.1, -0.05) is 6.92 Å². The van der Waals surface area contributed by atoms with E-state index < -0.39 is 0 Å². The van der Waals surface area contributed by atoms with Crippen LogP contribution in [-0.2, 0) is 24.3 Å². The number of aryl methyl sites for hydroxylation is 1. The van der Waals surface area contributed by atoms with Gasteiger partial charge in [-0.05, 0) is 32.1 Å². The van der Waals surface area contributed by atoms with Crippen LogP contribution in [0, 0.1) is 0 Å². The first-order valence-corrected chi connectivity index (χ1v) is 11.1. The van der Waals surface area contributed by atoms with E-state index in [4.69, 9.17) is 5.10 Å². The minimum absolute atomic E-state index is 0.113. The van der Waals surface area contributed by atoms with E-state index in [0.29, 0.717) is 12.1 Å². The molecule has 28 heavy (non-hydrogen) atoms. The smallest absolute Gasteiger partial charge is 0.274 e. The van der Waals surface area contributed by atoms with Gasteiger partial charge in [-0.25, -0.2) is 0 Å². The van der Waals surface area contributed by atoms with Crippen LogP contribution in [0.2, 0.25) is 0 Å². The number of rotatable bonds is 6. The first kappa shape index (κ1) is 19.4. The fourth-order valence-corrected chi connectivity index (χ4v) is 4.76. The van der Waals surface area contributed by atoms with Crippen LogP contribution in [0.15, 0.2) is 0 Å². The molecule has 7 nitrogen and oxygen atoms in total. The topological polar surface area (TPSA) is 61.7 Å². The number of likely N-dealkylation sites (tertiary alicyclic amines) is 2. The Labute approximate surface area is 167 Å². The SMILES string of the molecule is CCCn1nc(C(=O)N2CCCCC2)c2c1CCN(CCN1CCCC1=O)C2. The monoisotopic (exact) mass is 387 g/mol. The van der Waals surface area contributed by atoms with E-state index in [1.165, 1.54) is 12.1 Å². The lowest BCUT2D eigenvalue weighted by molar-refractivity contribution is -0.127. The fraction of sp³-hybridized carbons (Fsp3) is 0.762. The molecule has 4 rings (SSSR count). The number of carbonyl (C=O) groups excluding carboxylic acids is 2. The predicted molar refractivity (Wildman–Crippen MR) is 107 cm³/mol. The fourth-order valence-electron chi connectivity index (χ4n) is 4.76. The maximum absolute atomic E-state index is 13.2. The molecule has 3 aliphatic rings. The Morgan fingerprint density at radius 1 is 0.964 bits per heavy atom. The van der Waals surface area contributed by atoms with Gasteiger partial charge in [0.1, 0.15) is 0 Å². The summed E-state index contributed by atoms with van der Waals surface area (Å²) in [6, 6.07) is 0. The molecular formula is C21H33N5O2. The third-order valence-corrected chi connectivity index (χ3v) is 6.35. The van der Waals surface area contributed by atoms with E-state index in [2.05, 4.69) is 16.5 Å². The molecule has 1 aromatic heterocycles. The zero-order valence-electron chi connectivity index (χ0n) is 17.2. The summed E-state index contributed by atoms with van der Waals surface area (Å²) >= 11 is 0. The molecule has 0 N–H and O–H groups in total. The van der Waals surface area contributed by atoms with Crippen molar-refractivity contribution in [3.63, 3.8) is 0 Å². The molecule has 1 aromatic rings. The highest BCUT2D eigenvalue weighted by atomic mass is 16.2. The summed E-state index contributed by atoms with van der Waals surface area (Å²) < 4.78 is 2.08. The predicted octanol–water partition coefficient (Wildman–Crippen LogP) is 1.90. The number of carbonyl (C=O) groups is 2. The molecule has 0 bridgehead atoms. The second kappa shape index (κ2) is 8.64. The molecule has 154 valence electrons. The molecule has 0 aliphatic carbocycles. The summed E-state index contributed by atoms with van der Waals surface area (Å²) in [5.41, 5.74) is 3.05. The Morgan fingerprint density at radius 3 is 2.50 bits per heavy atom. The Hall–Kier alpha value is -1.89. The van der Waals surface area contributed by atoms with Gasteiger partial charge in [-0.3, -0.25) is 19.2 Å². The highest BCUT2D eigenvalue weighted by molar-refractivity contribution is 5.94. The van der Waals surface area contributed by atoms with Crippen molar-refractivity contribution in [3.05, 3.63) is 17.0 Å². The minimum atomic E-state index is 0.113. The van der Waals surface area contributed by atoms with Crippen LogP contribution >= 0.6 is 0 Å². The lowest BCUT2D eigenvalue weighted by Gasteiger charge is -2.30. The summed E-state index contributed by atoms with van der Waals surface area (Å²) in [6.07, 6.45) is 7.05. The summed E-state index contributed by atoms with van der Waals surface area (Å²) in [6.45, 7) is 9.06. The molecule has 0 unspecified atom stereocenters. The summed E-state index contributed by atoms with van der Waals surface area (Å²) in [5.74, 6) is 0.400. The third kappa shape index (κ3) is 3.95. The Balaban J connectivity index is 1.49. The lowest BCUT2D eigenvalue weighted by Crippen LogP contribution is -2.40. The average molecular weight is 388 g/mol. The normalized spacial score (nSPS) is 20.7. The molecule has 0 spiro atoms. The van der Waals surface area contributed by atoms with E-state index in [0.717, 1.165) is 90.0 Å². The molecule has 2 saturated heterocycles. The van der Waals surface area contributed by atoms with Crippen molar-refractivity contribution >= 4 is 11.8 Å². The van der Waals surface area contributed by atoms with Gasteiger partial charge in [0.15, 0.2) is 5.69 Å². The van der Waals surface area contributed by atoms with Crippen molar-refractivity contribution in [1.82, 2.24) is 24.5 Å². The van der Waals surface area contributed by atoms with Gasteiger partial charge in [0.2, 0.25) is 5.91 Å². The molecule has 0 saturated carbocycles. The summed E-state index contributed by atoms with van der Waals surface area (Å²) in [4.78, 5) is 31.4. The van der Waals surface area contributed by atoms with Crippen LogP contribution in [0.5, 0.6) is 0 Å². The number of amides is 2. The van der Waals surface area contributed by atoms with Crippen molar-refractivity contribution in [2.24, 2.45) is 0 Å². The zero-order valence-corrected chi connectivity index (χ0v) is 17.2. The second-order valence-corrected chi connectivity index (χ2v) is 8.36. The summed E-state index contributed by atoms with van der Waals surface area (Å²) in [5, 5.41) is 4.78. The molecule has 2 fully saturated rings. The molecule has 7 heteroatoms. The molecular weight excluding hydrogens is 354 g/mol. The molecule has 0 atom stereocenters. The summed E-state index contributed by atoms with van der Waals surface area (Å²) in [7, 11) is 0. The first-order valence-electron chi connectivity index (χ1n) is 11.1. The van der Waals surface area contributed by atoms with Gasteiger partial charge in [-0.2, -0.15) is 5.10 Å². The van der Waals surface area contributed by atoms with E-state index in [9.17, 15) is 9.59 Å². The van der Waals surface area contributed by atoms with Gasteiger partial charge in [-0.15, -0.1) is 0 Å². The maximum Gasteiger partial charge on any atom is 0.274 e. The third-order valence-electron chi connectivity index (χ3n) is 6.35. The zero-order chi connectivity index (χ0) is 19.5. The van der Waals surface area contributed by atoms with Crippen LogP contribution in [-0.4, -0.2) is 75.6 Å². The lowest BCUT2D eigenvalue weighted by atomic mass is 10.0. The second-order valence-electron chi connectivity index (χ2n) is 8.36. The van der Waals surface area contributed by atoms with Gasteiger partial charge in [0.25, 0.3) is 5.91 Å². The Morgan fingerprint density at radius 2 is 1.79 bits per heavy atom. The number of hydrogen-bond donors (Lipinski definition) is 0. The number of fused-ring (bicyclic) bond motifs is 1. The van der Waals surface area contributed by atoms with Crippen LogP contribution in [0.3, 0.4) is 0 Å². The maximum atomic E-state index is 13.2. The molecule has 4 heterocycles. The highest BCUT2D eigenvalue weighted by Crippen LogP contribution is 2.25. The quantitative estimate of drug-likeness (QED) is 0.748. The van der Waals surface area contributed by atoms with E-state index >= 15 is 0 Å². The average Bonchev–Trinajstić information content (AvgIpc) is 3.30. The number of nitrogens with zero attached hydrogens (tertiary/aromatic N) is 5. The largest absolute Gasteiger partial charge is 0.341 e. The highest BCUT2D eigenvalue weighted by Gasteiger charge is 2.31. The van der Waals surface area contributed by atoms with Crippen molar-refractivity contribution < 1.29 is 9.59 Å². The number of piperidine rings is 1. The molecule has 0 aromatic carbocycles. The Kier molecular flexibility index (Phi) is 5.99. The van der Waals surface area contributed by atoms with E-state index in [-0.39, 0.29) is 11.8 Å². The van der Waals surface area contributed by atoms with Crippen LogP contribution in [0.4, 0.5) is 0 Å². The van der Waals surface area contributed by atoms with Gasteiger partial charge >= 0.3 is 0 Å². The van der Waals surface area contributed by atoms with Crippen LogP contribution < -0.4 is 0 Å². The minimum Gasteiger partial charge on any atom is -0.341 e. The first-order chi connectivity index (χ1) is 13.7. The van der Waals surface area contributed by atoms with Crippen molar-refractivity contribution in [2.45, 2.75) is 65.0 Å². The standard InChI is InChI=1S/C21H33N5O2/c1-2-9-26-18-8-13-23(14-15-24-12-6-7-19(24)27)16-17(18)20(22-26)21(28)25-10-4-3-5-11-25/h2-16H2,1H3. The number of hydrogen-bond acceptors (Lipinski definition) is 4. The molecule has 3 aliphatic heterocycles. The van der Waals surface area contributed by atoms with E-state index in [1.807, 2.05) is 9.80 Å². The van der Waals surface area contributed by atoms with Crippen molar-refractivity contribution in [2.75, 3.05) is 39.3 Å². The number of aromatic nitrogens is 2. The Bertz CT molecular complexity index is 723. The van der Waals surface area contributed by atoms with Gasteiger partial charge in [0, 0.05) is 76.5 Å². The van der Waals surface area contributed by atoms with E-state index in [1.54, 1.807) is 0 Å². The molecule has 0 radical (unpaired) electrons. The van der Waals surface area contributed by atoms with Crippen molar-refractivity contribution in [1.29, 1.82) is 0 Å². The van der Waals surface area contributed by atoms with Crippen LogP contribution in [0.25, 0.3) is 0 Å². The van der Waals surface area contributed by atoms with Crippen LogP contribution in [0.1, 0.15) is 67.2 Å². The van der Waals surface area contributed by atoms with Gasteiger partial charge < -0.3 is 9.80 Å². The molecule has 2 amide bonds.